The van der Waals surface area contributed by atoms with Crippen LogP contribution in [-0.4, -0.2) is 0 Å². The molecule has 0 spiro atoms. The maximum Gasteiger partial charge on any atom is 0.0991 e. The minimum atomic E-state index is 0.729. The number of nitrogens with zero attached hydrogens (tertiary/aromatic N) is 1. The molecule has 0 unspecified atom stereocenters. The standard InChI is InChI=1S/C15H13NS/c1-12-5-7-15(8-6-12)17-11-14-4-2-3-13(9-14)10-16/h2-9H,11H2,1H3. The Balaban J connectivity index is 2.02. The van der Waals surface area contributed by atoms with Crippen LogP contribution in [0, 0.1) is 18.3 Å². The summed E-state index contributed by atoms with van der Waals surface area (Å²) in [5, 5.41) is 8.82. The first-order valence-corrected chi connectivity index (χ1v) is 6.45. The lowest BCUT2D eigenvalue weighted by molar-refractivity contribution is 1.34. The minimum Gasteiger partial charge on any atom is -0.192 e. The van der Waals surface area contributed by atoms with Crippen molar-refractivity contribution in [3.05, 3.63) is 65.2 Å². The van der Waals surface area contributed by atoms with Crippen molar-refractivity contribution in [1.29, 1.82) is 5.26 Å². The number of benzene rings is 2. The molecule has 0 saturated carbocycles. The first kappa shape index (κ1) is 11.8. The van der Waals surface area contributed by atoms with Crippen molar-refractivity contribution in [1.82, 2.24) is 0 Å². The van der Waals surface area contributed by atoms with Gasteiger partial charge in [-0.2, -0.15) is 5.26 Å². The Labute approximate surface area is 106 Å². The molecule has 17 heavy (non-hydrogen) atoms. The molecule has 0 aromatic heterocycles. The molecular formula is C15H13NS. The number of nitriles is 1. The highest BCUT2D eigenvalue weighted by molar-refractivity contribution is 7.98. The van der Waals surface area contributed by atoms with Gasteiger partial charge < -0.3 is 0 Å². The summed E-state index contributed by atoms with van der Waals surface area (Å²) in [5.41, 5.74) is 3.20. The predicted molar refractivity (Wildman–Crippen MR) is 71.9 cm³/mol. The summed E-state index contributed by atoms with van der Waals surface area (Å²) in [6, 6.07) is 18.4. The van der Waals surface area contributed by atoms with Gasteiger partial charge in [0.1, 0.15) is 0 Å². The molecule has 0 saturated heterocycles. The molecule has 2 heteroatoms. The molecular weight excluding hydrogens is 226 g/mol. The van der Waals surface area contributed by atoms with Gasteiger partial charge in [0, 0.05) is 10.6 Å². The van der Waals surface area contributed by atoms with Gasteiger partial charge >= 0.3 is 0 Å². The van der Waals surface area contributed by atoms with Crippen LogP contribution in [0.5, 0.6) is 0 Å². The number of hydrogen-bond acceptors (Lipinski definition) is 2. The Kier molecular flexibility index (Phi) is 3.85. The van der Waals surface area contributed by atoms with Crippen molar-refractivity contribution in [3.63, 3.8) is 0 Å². The molecule has 0 aliphatic heterocycles. The largest absolute Gasteiger partial charge is 0.192 e. The summed E-state index contributed by atoms with van der Waals surface area (Å²) in [4.78, 5) is 1.26. The fraction of sp³-hybridized carbons (Fsp3) is 0.133. The van der Waals surface area contributed by atoms with Gasteiger partial charge in [-0.05, 0) is 36.8 Å². The lowest BCUT2D eigenvalue weighted by Gasteiger charge is -2.03. The molecule has 0 aliphatic rings. The molecule has 1 nitrogen and oxygen atoms in total. The van der Waals surface area contributed by atoms with Gasteiger partial charge in [0.2, 0.25) is 0 Å². The molecule has 0 bridgehead atoms. The summed E-state index contributed by atoms with van der Waals surface area (Å²) >= 11 is 1.79. The van der Waals surface area contributed by atoms with Crippen LogP contribution in [0.15, 0.2) is 53.4 Å². The van der Waals surface area contributed by atoms with Crippen molar-refractivity contribution in [2.45, 2.75) is 17.6 Å². The molecule has 0 aliphatic carbocycles. The van der Waals surface area contributed by atoms with Gasteiger partial charge in [0.05, 0.1) is 11.6 Å². The van der Waals surface area contributed by atoms with Gasteiger partial charge in [-0.15, -0.1) is 11.8 Å². The summed E-state index contributed by atoms with van der Waals surface area (Å²) in [7, 11) is 0. The summed E-state index contributed by atoms with van der Waals surface area (Å²) < 4.78 is 0. The van der Waals surface area contributed by atoms with Crippen LogP contribution in [0.25, 0.3) is 0 Å². The third-order valence-corrected chi connectivity index (χ3v) is 3.57. The average Bonchev–Trinajstić information content (AvgIpc) is 2.38. The fourth-order valence-electron chi connectivity index (χ4n) is 1.53. The van der Waals surface area contributed by atoms with Gasteiger partial charge in [-0.3, -0.25) is 0 Å². The summed E-state index contributed by atoms with van der Waals surface area (Å²) in [5.74, 6) is 0.901. The first-order valence-electron chi connectivity index (χ1n) is 5.46. The molecule has 0 atom stereocenters. The number of rotatable bonds is 3. The average molecular weight is 239 g/mol. The van der Waals surface area contributed by atoms with Crippen LogP contribution in [0.1, 0.15) is 16.7 Å². The second kappa shape index (κ2) is 5.56. The highest BCUT2D eigenvalue weighted by Crippen LogP contribution is 2.23. The van der Waals surface area contributed by atoms with Crippen molar-refractivity contribution in [2.24, 2.45) is 0 Å². The van der Waals surface area contributed by atoms with Crippen LogP contribution in [0.3, 0.4) is 0 Å². The van der Waals surface area contributed by atoms with Crippen molar-refractivity contribution in [3.8, 4) is 6.07 Å². The lowest BCUT2D eigenvalue weighted by Crippen LogP contribution is -1.82. The topological polar surface area (TPSA) is 23.8 Å². The van der Waals surface area contributed by atoms with Crippen molar-refractivity contribution >= 4 is 11.8 Å². The molecule has 2 rings (SSSR count). The van der Waals surface area contributed by atoms with Gasteiger partial charge in [-0.1, -0.05) is 29.8 Å². The Morgan fingerprint density at radius 1 is 1.12 bits per heavy atom. The van der Waals surface area contributed by atoms with Gasteiger partial charge in [-0.25, -0.2) is 0 Å². The van der Waals surface area contributed by atoms with E-state index in [1.165, 1.54) is 16.0 Å². The quantitative estimate of drug-likeness (QED) is 0.751. The Morgan fingerprint density at radius 3 is 2.59 bits per heavy atom. The van der Waals surface area contributed by atoms with Crippen LogP contribution < -0.4 is 0 Å². The molecule has 0 N–H and O–H groups in total. The number of aryl methyl sites for hydroxylation is 1. The van der Waals surface area contributed by atoms with E-state index < -0.39 is 0 Å². The molecule has 2 aromatic carbocycles. The number of hydrogen-bond donors (Lipinski definition) is 0. The molecule has 0 heterocycles. The van der Waals surface area contributed by atoms with Crippen LogP contribution in [-0.2, 0) is 5.75 Å². The van der Waals surface area contributed by atoms with Crippen molar-refractivity contribution in [2.75, 3.05) is 0 Å². The minimum absolute atomic E-state index is 0.729. The zero-order valence-corrected chi connectivity index (χ0v) is 10.5. The highest BCUT2D eigenvalue weighted by atomic mass is 32.2. The molecule has 0 fully saturated rings. The maximum atomic E-state index is 8.82. The number of thioether (sulfide) groups is 1. The molecule has 0 radical (unpaired) electrons. The third-order valence-electron chi connectivity index (χ3n) is 2.48. The van der Waals surface area contributed by atoms with E-state index in [9.17, 15) is 0 Å². The summed E-state index contributed by atoms with van der Waals surface area (Å²) in [6.07, 6.45) is 0. The second-order valence-corrected chi connectivity index (χ2v) is 4.96. The van der Waals surface area contributed by atoms with E-state index in [2.05, 4.69) is 43.3 Å². The SMILES string of the molecule is Cc1ccc(SCc2cccc(C#N)c2)cc1. The predicted octanol–water partition coefficient (Wildman–Crippen LogP) is 4.16. The van der Waals surface area contributed by atoms with Crippen LogP contribution in [0.4, 0.5) is 0 Å². The Bertz CT molecular complexity index is 538. The smallest absolute Gasteiger partial charge is 0.0991 e. The van der Waals surface area contributed by atoms with E-state index in [0.717, 1.165) is 11.3 Å². The lowest BCUT2D eigenvalue weighted by atomic mass is 10.2. The van der Waals surface area contributed by atoms with E-state index in [0.29, 0.717) is 0 Å². The summed E-state index contributed by atoms with van der Waals surface area (Å²) in [6.45, 7) is 2.09. The van der Waals surface area contributed by atoms with Crippen LogP contribution >= 0.6 is 11.8 Å². The van der Waals surface area contributed by atoms with Crippen LogP contribution in [0.2, 0.25) is 0 Å². The van der Waals surface area contributed by atoms with E-state index in [4.69, 9.17) is 5.26 Å². The zero-order valence-electron chi connectivity index (χ0n) is 9.68. The Morgan fingerprint density at radius 2 is 1.88 bits per heavy atom. The third kappa shape index (κ3) is 3.37. The molecule has 0 amide bonds. The van der Waals surface area contributed by atoms with E-state index >= 15 is 0 Å². The zero-order chi connectivity index (χ0) is 12.1. The monoisotopic (exact) mass is 239 g/mol. The van der Waals surface area contributed by atoms with Gasteiger partial charge in [0.15, 0.2) is 0 Å². The first-order chi connectivity index (χ1) is 8.28. The fourth-order valence-corrected chi connectivity index (χ4v) is 2.37. The second-order valence-electron chi connectivity index (χ2n) is 3.91. The Hall–Kier alpha value is -1.72. The van der Waals surface area contributed by atoms with Gasteiger partial charge in [0.25, 0.3) is 0 Å². The van der Waals surface area contributed by atoms with E-state index in [-0.39, 0.29) is 0 Å². The molecule has 84 valence electrons. The maximum absolute atomic E-state index is 8.82. The molecule has 2 aromatic rings. The normalized spacial score (nSPS) is 9.88. The van der Waals surface area contributed by atoms with Crippen molar-refractivity contribution < 1.29 is 0 Å². The van der Waals surface area contributed by atoms with E-state index in [1.54, 1.807) is 11.8 Å². The van der Waals surface area contributed by atoms with E-state index in [1.807, 2.05) is 18.2 Å². The highest BCUT2D eigenvalue weighted by Gasteiger charge is 1.97.